The van der Waals surface area contributed by atoms with Crippen molar-refractivity contribution in [2.45, 2.75) is 6.92 Å². The molecule has 2 aromatic rings. The molecule has 0 amide bonds. The van der Waals surface area contributed by atoms with Crippen LogP contribution in [-0.4, -0.2) is 18.4 Å². The maximum atomic E-state index is 12.4. The van der Waals surface area contributed by atoms with E-state index in [1.165, 1.54) is 11.3 Å². The number of Topliss-reactive ketones (excluding diaryl/α,β-unsaturated/α-hetero) is 1. The van der Waals surface area contributed by atoms with E-state index >= 15 is 0 Å². The first-order valence-electron chi connectivity index (χ1n) is 6.49. The Morgan fingerprint density at radius 3 is 2.57 bits per heavy atom. The molecule has 2 rings (SSSR count). The summed E-state index contributed by atoms with van der Waals surface area (Å²) < 4.78 is 4.94. The number of ether oxygens (including phenoxy) is 1. The summed E-state index contributed by atoms with van der Waals surface area (Å²) in [5.41, 5.74) is 3.13. The van der Waals surface area contributed by atoms with Crippen molar-refractivity contribution in [3.05, 3.63) is 69.6 Å². The molecule has 0 aliphatic rings. The maximum Gasteiger partial charge on any atom is 0.350 e. The number of esters is 1. The molecule has 0 bridgehead atoms. The molecule has 0 saturated carbocycles. The predicted molar refractivity (Wildman–Crippen MR) is 83.2 cm³/mol. The predicted octanol–water partition coefficient (Wildman–Crippen LogP) is 3.73. The number of carbonyl (C=O) groups excluding carboxylic acids is 2. The zero-order chi connectivity index (χ0) is 15.1. The highest BCUT2D eigenvalue weighted by Gasteiger charge is 2.20. The fourth-order valence-electron chi connectivity index (χ4n) is 1.67. The van der Waals surface area contributed by atoms with Gasteiger partial charge in [0.05, 0.1) is 6.61 Å². The van der Waals surface area contributed by atoms with E-state index in [-0.39, 0.29) is 18.0 Å². The minimum absolute atomic E-state index is 0.0866. The van der Waals surface area contributed by atoms with Gasteiger partial charge in [-0.1, -0.05) is 42.1 Å². The van der Waals surface area contributed by atoms with Crippen molar-refractivity contribution in [2.24, 2.45) is 0 Å². The van der Waals surface area contributed by atoms with E-state index < -0.39 is 5.97 Å². The van der Waals surface area contributed by atoms with Crippen molar-refractivity contribution >= 4 is 29.2 Å². The van der Waals surface area contributed by atoms with Gasteiger partial charge in [0, 0.05) is 10.4 Å². The van der Waals surface area contributed by atoms with Gasteiger partial charge in [-0.15, -0.1) is 11.3 Å². The van der Waals surface area contributed by atoms with Crippen molar-refractivity contribution in [3.63, 3.8) is 0 Å². The molecule has 0 atom stereocenters. The van der Waals surface area contributed by atoms with E-state index in [2.05, 4.69) is 5.73 Å². The zero-order valence-corrected chi connectivity index (χ0v) is 12.4. The third-order valence-electron chi connectivity index (χ3n) is 2.64. The molecule has 1 aromatic heterocycles. The average Bonchev–Trinajstić information content (AvgIpc) is 3.02. The molecule has 0 radical (unpaired) electrons. The molecule has 1 aromatic carbocycles. The van der Waals surface area contributed by atoms with Gasteiger partial charge < -0.3 is 4.74 Å². The Morgan fingerprint density at radius 1 is 1.19 bits per heavy atom. The van der Waals surface area contributed by atoms with Gasteiger partial charge in [-0.2, -0.15) is 0 Å². The second-order valence-corrected chi connectivity index (χ2v) is 5.07. The van der Waals surface area contributed by atoms with Crippen LogP contribution in [0, 0.1) is 0 Å². The number of carbonyl (C=O) groups is 2. The van der Waals surface area contributed by atoms with Crippen LogP contribution in [0.25, 0.3) is 6.08 Å². The highest BCUT2D eigenvalue weighted by Crippen LogP contribution is 2.13. The molecule has 1 heterocycles. The van der Waals surface area contributed by atoms with Crippen LogP contribution in [0.4, 0.5) is 0 Å². The van der Waals surface area contributed by atoms with Gasteiger partial charge in [-0.3, -0.25) is 4.79 Å². The van der Waals surface area contributed by atoms with E-state index in [4.69, 9.17) is 4.74 Å². The summed E-state index contributed by atoms with van der Waals surface area (Å²) in [6.07, 6.45) is 1.62. The van der Waals surface area contributed by atoms with Crippen molar-refractivity contribution in [1.29, 1.82) is 0 Å². The highest BCUT2D eigenvalue weighted by atomic mass is 32.1. The smallest absolute Gasteiger partial charge is 0.350 e. The molecule has 106 valence electrons. The molecular weight excluding hydrogens is 284 g/mol. The number of benzene rings is 1. The Hall–Kier alpha value is -2.42. The van der Waals surface area contributed by atoms with E-state index in [9.17, 15) is 9.59 Å². The first kappa shape index (κ1) is 15.0. The van der Waals surface area contributed by atoms with Gasteiger partial charge in [0.1, 0.15) is 5.57 Å². The molecule has 4 heteroatoms. The molecule has 3 nitrogen and oxygen atoms in total. The standard InChI is InChI=1S/C17H14O3S/c1-2-20-17(19)15(11-10-14-9-6-12-21-14)16(18)13-7-4-3-5-8-13/h3-10,12H,2H2,1H3. The summed E-state index contributed by atoms with van der Waals surface area (Å²) in [4.78, 5) is 25.3. The summed E-state index contributed by atoms with van der Waals surface area (Å²) in [6.45, 7) is 1.91. The van der Waals surface area contributed by atoms with Gasteiger partial charge in [0.2, 0.25) is 5.78 Å². The normalized spacial score (nSPS) is 9.57. The first-order chi connectivity index (χ1) is 10.2. The first-order valence-corrected chi connectivity index (χ1v) is 7.37. The summed E-state index contributed by atoms with van der Waals surface area (Å²) in [6, 6.07) is 12.4. The third kappa shape index (κ3) is 4.02. The van der Waals surface area contributed by atoms with Crippen molar-refractivity contribution in [2.75, 3.05) is 6.61 Å². The van der Waals surface area contributed by atoms with Gasteiger partial charge in [0.15, 0.2) is 0 Å². The van der Waals surface area contributed by atoms with Gasteiger partial charge in [-0.05, 0) is 24.4 Å². The minimum atomic E-state index is -0.654. The number of ketones is 1. The second-order valence-electron chi connectivity index (χ2n) is 4.09. The van der Waals surface area contributed by atoms with Gasteiger partial charge in [0.25, 0.3) is 0 Å². The Labute approximate surface area is 127 Å². The quantitative estimate of drug-likeness (QED) is 0.211. The summed E-state index contributed by atoms with van der Waals surface area (Å²) >= 11 is 1.50. The Kier molecular flexibility index (Phi) is 5.27. The van der Waals surface area contributed by atoms with E-state index in [1.54, 1.807) is 37.3 Å². The number of hydrogen-bond acceptors (Lipinski definition) is 4. The summed E-state index contributed by atoms with van der Waals surface area (Å²) in [5.74, 6) is -1.04. The lowest BCUT2D eigenvalue weighted by atomic mass is 10.0. The van der Waals surface area contributed by atoms with E-state index in [1.807, 2.05) is 23.6 Å². The lowest BCUT2D eigenvalue weighted by Crippen LogP contribution is -2.15. The highest BCUT2D eigenvalue weighted by molar-refractivity contribution is 7.10. The topological polar surface area (TPSA) is 43.4 Å². The molecule has 0 unspecified atom stereocenters. The van der Waals surface area contributed by atoms with Crippen LogP contribution in [0.3, 0.4) is 0 Å². The summed E-state index contributed by atoms with van der Waals surface area (Å²) in [5, 5.41) is 1.91. The van der Waals surface area contributed by atoms with Crippen LogP contribution in [0.5, 0.6) is 0 Å². The number of rotatable bonds is 5. The van der Waals surface area contributed by atoms with Crippen molar-refractivity contribution in [3.8, 4) is 0 Å². The van der Waals surface area contributed by atoms with Crippen molar-refractivity contribution < 1.29 is 14.3 Å². The molecule has 0 aliphatic heterocycles. The van der Waals surface area contributed by atoms with Crippen LogP contribution >= 0.6 is 11.3 Å². The largest absolute Gasteiger partial charge is 0.462 e. The van der Waals surface area contributed by atoms with Crippen LogP contribution in [0.1, 0.15) is 22.2 Å². The monoisotopic (exact) mass is 298 g/mol. The van der Waals surface area contributed by atoms with E-state index in [0.717, 1.165) is 4.88 Å². The number of thiophene rings is 1. The lowest BCUT2D eigenvalue weighted by Gasteiger charge is -2.03. The molecule has 0 N–H and O–H groups in total. The fraction of sp³-hybridized carbons (Fsp3) is 0.118. The molecule has 0 fully saturated rings. The lowest BCUT2D eigenvalue weighted by molar-refractivity contribution is -0.138. The molecule has 0 spiro atoms. The molecule has 0 saturated heterocycles. The molecular formula is C17H14O3S. The number of hydrogen-bond donors (Lipinski definition) is 0. The minimum Gasteiger partial charge on any atom is -0.462 e. The van der Waals surface area contributed by atoms with Crippen LogP contribution in [-0.2, 0) is 9.53 Å². The SMILES string of the molecule is CCOC(=O)C(=C=Cc1cccs1)C(=O)c1ccccc1. The van der Waals surface area contributed by atoms with Gasteiger partial charge in [-0.25, -0.2) is 4.79 Å². The zero-order valence-electron chi connectivity index (χ0n) is 11.5. The molecule has 21 heavy (non-hydrogen) atoms. The van der Waals surface area contributed by atoms with Crippen LogP contribution in [0.15, 0.2) is 59.1 Å². The Morgan fingerprint density at radius 2 is 1.95 bits per heavy atom. The third-order valence-corrected chi connectivity index (χ3v) is 3.46. The molecule has 0 aliphatic carbocycles. The average molecular weight is 298 g/mol. The van der Waals surface area contributed by atoms with Crippen LogP contribution < -0.4 is 0 Å². The van der Waals surface area contributed by atoms with Crippen LogP contribution in [0.2, 0.25) is 0 Å². The fourth-order valence-corrected chi connectivity index (χ4v) is 2.27. The summed E-state index contributed by atoms with van der Waals surface area (Å²) in [7, 11) is 0. The Balaban J connectivity index is 2.39. The Bertz CT molecular complexity index is 678. The maximum absolute atomic E-state index is 12.4. The van der Waals surface area contributed by atoms with E-state index in [0.29, 0.717) is 5.56 Å². The van der Waals surface area contributed by atoms with Crippen molar-refractivity contribution in [1.82, 2.24) is 0 Å². The van der Waals surface area contributed by atoms with Gasteiger partial charge >= 0.3 is 5.97 Å². The second kappa shape index (κ2) is 7.39.